The Kier molecular flexibility index (Phi) is 4.84. The monoisotopic (exact) mass is 247 g/mol. The van der Waals surface area contributed by atoms with E-state index in [-0.39, 0.29) is 5.57 Å². The van der Waals surface area contributed by atoms with E-state index < -0.39 is 0 Å². The molecule has 0 aromatic carbocycles. The molecule has 5 heteroatoms. The summed E-state index contributed by atoms with van der Waals surface area (Å²) >= 11 is 3.70. The molecule has 0 bridgehead atoms. The van der Waals surface area contributed by atoms with Crippen molar-refractivity contribution in [3.05, 3.63) is 34.7 Å². The maximum Gasteiger partial charge on any atom is 0.137 e. The van der Waals surface area contributed by atoms with Gasteiger partial charge < -0.3 is 9.08 Å². The minimum Gasteiger partial charge on any atom is -0.347 e. The third-order valence-electron chi connectivity index (χ3n) is 2.50. The van der Waals surface area contributed by atoms with E-state index in [2.05, 4.69) is 12.9 Å². The van der Waals surface area contributed by atoms with E-state index in [9.17, 15) is 0 Å². The molecule has 0 spiro atoms. The van der Waals surface area contributed by atoms with Crippen LogP contribution in [-0.2, 0) is 4.18 Å². The molecule has 0 amide bonds. The maximum absolute atomic E-state index is 8.83. The van der Waals surface area contributed by atoms with Crippen molar-refractivity contribution >= 4 is 12.9 Å². The van der Waals surface area contributed by atoms with Crippen LogP contribution in [0.5, 0.6) is 0 Å². The van der Waals surface area contributed by atoms with Crippen molar-refractivity contribution in [2.24, 2.45) is 0 Å². The maximum atomic E-state index is 8.83. The van der Waals surface area contributed by atoms with E-state index in [1.807, 2.05) is 43.0 Å². The van der Waals surface area contributed by atoms with Gasteiger partial charge in [-0.25, -0.2) is 0 Å². The largest absolute Gasteiger partial charge is 0.347 e. The Morgan fingerprint density at radius 3 is 2.24 bits per heavy atom. The van der Waals surface area contributed by atoms with E-state index in [1.54, 1.807) is 0 Å². The van der Waals surface area contributed by atoms with Gasteiger partial charge >= 0.3 is 0 Å². The predicted molar refractivity (Wildman–Crippen MR) is 67.4 cm³/mol. The minimum absolute atomic E-state index is 0.133. The fraction of sp³-hybridized carbons (Fsp3) is 0.333. The van der Waals surface area contributed by atoms with Gasteiger partial charge in [0.2, 0.25) is 0 Å². The predicted octanol–water partition coefficient (Wildman–Crippen LogP) is 2.31. The summed E-state index contributed by atoms with van der Waals surface area (Å²) in [5.74, 6) is 0. The standard InChI is InChI=1S/C12H13N3OS/c1-9-5-11(12(7-13)8-14)6-10(2)15(9)3-4-16-17/h5-6,17H,3-4H2,1-2H3. The second-order valence-electron chi connectivity index (χ2n) is 3.61. The van der Waals surface area contributed by atoms with Gasteiger partial charge in [0.1, 0.15) is 17.7 Å². The summed E-state index contributed by atoms with van der Waals surface area (Å²) < 4.78 is 4.74. The highest BCUT2D eigenvalue weighted by Crippen LogP contribution is 2.24. The fourth-order valence-electron chi connectivity index (χ4n) is 1.71. The van der Waals surface area contributed by atoms with E-state index >= 15 is 0 Å². The van der Waals surface area contributed by atoms with Crippen molar-refractivity contribution in [3.8, 4) is 12.1 Å². The molecule has 0 N–H and O–H groups in total. The third kappa shape index (κ3) is 3.13. The van der Waals surface area contributed by atoms with Crippen molar-refractivity contribution in [2.45, 2.75) is 13.8 Å². The molecule has 17 heavy (non-hydrogen) atoms. The van der Waals surface area contributed by atoms with Crippen LogP contribution >= 0.6 is 12.9 Å². The Bertz CT molecular complexity index is 439. The molecule has 0 fully saturated rings. The molecule has 4 nitrogen and oxygen atoms in total. The zero-order valence-corrected chi connectivity index (χ0v) is 10.7. The minimum atomic E-state index is 0.133. The van der Waals surface area contributed by atoms with E-state index in [0.717, 1.165) is 11.4 Å². The van der Waals surface area contributed by atoms with Gasteiger partial charge in [0.25, 0.3) is 0 Å². The molecule has 0 radical (unpaired) electrons. The molecule has 0 unspecified atom stereocenters. The first-order valence-corrected chi connectivity index (χ1v) is 5.45. The fourth-order valence-corrected chi connectivity index (χ4v) is 1.79. The summed E-state index contributed by atoms with van der Waals surface area (Å²) in [5.41, 5.74) is 2.75. The lowest BCUT2D eigenvalue weighted by Crippen LogP contribution is -2.25. The second kappa shape index (κ2) is 6.15. The summed E-state index contributed by atoms with van der Waals surface area (Å²) in [7, 11) is 0. The molecule has 0 aliphatic carbocycles. The molecule has 88 valence electrons. The van der Waals surface area contributed by atoms with Crippen LogP contribution in [0.3, 0.4) is 0 Å². The van der Waals surface area contributed by atoms with Gasteiger partial charge in [-0.2, -0.15) is 10.5 Å². The Labute approximate surface area is 107 Å². The Morgan fingerprint density at radius 2 is 1.82 bits per heavy atom. The number of nitriles is 2. The molecule has 1 aliphatic heterocycles. The molecule has 1 aliphatic rings. The van der Waals surface area contributed by atoms with Crippen LogP contribution in [0, 0.1) is 22.7 Å². The van der Waals surface area contributed by atoms with E-state index in [4.69, 9.17) is 14.7 Å². The zero-order chi connectivity index (χ0) is 12.8. The number of thiol groups is 1. The molecule has 0 atom stereocenters. The average Bonchev–Trinajstić information content (AvgIpc) is 2.30. The zero-order valence-electron chi connectivity index (χ0n) is 9.77. The topological polar surface area (TPSA) is 60.0 Å². The van der Waals surface area contributed by atoms with Crippen LogP contribution in [0.15, 0.2) is 34.7 Å². The lowest BCUT2D eigenvalue weighted by atomic mass is 10.0. The van der Waals surface area contributed by atoms with Crippen LogP contribution in [0.1, 0.15) is 13.8 Å². The van der Waals surface area contributed by atoms with E-state index in [0.29, 0.717) is 18.7 Å². The average molecular weight is 247 g/mol. The SMILES string of the molecule is CC1=CC(=C(C#N)C#N)C=C(C)N1CCOS. The highest BCUT2D eigenvalue weighted by Gasteiger charge is 2.15. The summed E-state index contributed by atoms with van der Waals surface area (Å²) in [5, 5.41) is 17.7. The highest BCUT2D eigenvalue weighted by molar-refractivity contribution is 7.75. The van der Waals surface area contributed by atoms with Crippen molar-refractivity contribution < 1.29 is 4.18 Å². The summed E-state index contributed by atoms with van der Waals surface area (Å²) in [6.45, 7) is 5.06. The number of hydrogen-bond donors (Lipinski definition) is 1. The molecular weight excluding hydrogens is 234 g/mol. The Morgan fingerprint density at radius 1 is 1.29 bits per heavy atom. The van der Waals surface area contributed by atoms with Gasteiger partial charge in [-0.15, -0.1) is 0 Å². The van der Waals surface area contributed by atoms with Gasteiger partial charge in [0, 0.05) is 23.5 Å². The number of nitrogens with zero attached hydrogens (tertiary/aromatic N) is 3. The van der Waals surface area contributed by atoms with Crippen LogP contribution < -0.4 is 0 Å². The molecular formula is C12H13N3OS. The first-order chi connectivity index (χ1) is 8.13. The summed E-state index contributed by atoms with van der Waals surface area (Å²) in [4.78, 5) is 2.05. The van der Waals surface area contributed by atoms with Gasteiger partial charge in [-0.1, -0.05) is 0 Å². The van der Waals surface area contributed by atoms with Gasteiger partial charge in [-0.05, 0) is 38.9 Å². The van der Waals surface area contributed by atoms with Crippen LogP contribution in [0.2, 0.25) is 0 Å². The number of allylic oxidation sites excluding steroid dienone is 6. The quantitative estimate of drug-likeness (QED) is 0.472. The van der Waals surface area contributed by atoms with Crippen molar-refractivity contribution in [2.75, 3.05) is 13.2 Å². The van der Waals surface area contributed by atoms with Crippen molar-refractivity contribution in [1.82, 2.24) is 4.90 Å². The first-order valence-electron chi connectivity index (χ1n) is 5.09. The molecule has 0 aromatic heterocycles. The van der Waals surface area contributed by atoms with Crippen LogP contribution in [-0.4, -0.2) is 18.1 Å². The third-order valence-corrected chi connectivity index (χ3v) is 2.68. The normalized spacial score (nSPS) is 14.6. The Balaban J connectivity index is 3.04. The molecule has 0 saturated carbocycles. The highest BCUT2D eigenvalue weighted by atomic mass is 32.1. The summed E-state index contributed by atoms with van der Waals surface area (Å²) in [6.07, 6.45) is 3.65. The molecule has 1 rings (SSSR count). The Hall–Kier alpha value is -1.69. The second-order valence-corrected chi connectivity index (χ2v) is 3.87. The number of rotatable bonds is 3. The first kappa shape index (κ1) is 13.4. The van der Waals surface area contributed by atoms with Crippen molar-refractivity contribution in [3.63, 3.8) is 0 Å². The molecule has 1 heterocycles. The molecule has 0 saturated heterocycles. The number of hydrogen-bond acceptors (Lipinski definition) is 5. The van der Waals surface area contributed by atoms with Crippen molar-refractivity contribution in [1.29, 1.82) is 10.5 Å². The lowest BCUT2D eigenvalue weighted by molar-refractivity contribution is 0.305. The van der Waals surface area contributed by atoms with Crippen LogP contribution in [0.4, 0.5) is 0 Å². The van der Waals surface area contributed by atoms with Crippen LogP contribution in [0.25, 0.3) is 0 Å². The molecule has 0 aromatic rings. The van der Waals surface area contributed by atoms with E-state index in [1.165, 1.54) is 0 Å². The van der Waals surface area contributed by atoms with Gasteiger partial charge in [0.15, 0.2) is 0 Å². The van der Waals surface area contributed by atoms with Gasteiger partial charge in [-0.3, -0.25) is 0 Å². The smallest absolute Gasteiger partial charge is 0.137 e. The summed E-state index contributed by atoms with van der Waals surface area (Å²) in [6, 6.07) is 3.79. The lowest BCUT2D eigenvalue weighted by Gasteiger charge is -2.29. The van der Waals surface area contributed by atoms with Gasteiger partial charge in [0.05, 0.1) is 6.61 Å².